The summed E-state index contributed by atoms with van der Waals surface area (Å²) >= 11 is 1.46. The zero-order valence-corrected chi connectivity index (χ0v) is 12.0. The number of nitrogens with one attached hydrogen (secondary N) is 2. The Morgan fingerprint density at radius 2 is 2.48 bits per heavy atom. The highest BCUT2D eigenvalue weighted by atomic mass is 32.1. The molecule has 0 aromatic carbocycles. The predicted octanol–water partition coefficient (Wildman–Crippen LogP) is 2.51. The molecule has 21 heavy (non-hydrogen) atoms. The standard InChI is InChI=1S/C15H13N3O2S/c16-8-12-11-5-6-17-9-13(11)21-15(12)18-14(19)4-3-10-2-1-7-20-10/h1-4,7,17H,5-6,9H2,(H,18,19)/b4-3-. The lowest BCUT2D eigenvalue weighted by Crippen LogP contribution is -2.22. The lowest BCUT2D eigenvalue weighted by Gasteiger charge is -2.11. The van der Waals surface area contributed by atoms with Crippen molar-refractivity contribution in [3.05, 3.63) is 46.2 Å². The molecule has 0 bridgehead atoms. The van der Waals surface area contributed by atoms with Crippen LogP contribution in [0.4, 0.5) is 5.00 Å². The normalized spacial score (nSPS) is 13.9. The number of hydrogen-bond donors (Lipinski definition) is 2. The Balaban J connectivity index is 1.77. The van der Waals surface area contributed by atoms with Crippen LogP contribution in [0.2, 0.25) is 0 Å². The van der Waals surface area contributed by atoms with Crippen molar-refractivity contribution in [2.75, 3.05) is 11.9 Å². The highest BCUT2D eigenvalue weighted by Crippen LogP contribution is 2.34. The molecule has 0 saturated carbocycles. The molecule has 5 nitrogen and oxygen atoms in total. The van der Waals surface area contributed by atoms with E-state index in [1.54, 1.807) is 24.5 Å². The molecule has 6 heteroatoms. The number of carbonyl (C=O) groups is 1. The van der Waals surface area contributed by atoms with Crippen LogP contribution in [0.3, 0.4) is 0 Å². The molecule has 1 aliphatic heterocycles. The molecular weight excluding hydrogens is 286 g/mol. The SMILES string of the molecule is N#Cc1c(NC(=O)/C=C\c2ccco2)sc2c1CCNC2. The van der Waals surface area contributed by atoms with Crippen LogP contribution in [0.15, 0.2) is 28.9 Å². The molecule has 1 aliphatic rings. The second kappa shape index (κ2) is 5.95. The Labute approximate surface area is 125 Å². The van der Waals surface area contributed by atoms with Gasteiger partial charge in [0.25, 0.3) is 0 Å². The number of rotatable bonds is 3. The first-order chi connectivity index (χ1) is 10.3. The van der Waals surface area contributed by atoms with Gasteiger partial charge in [0.1, 0.15) is 16.8 Å². The van der Waals surface area contributed by atoms with Gasteiger partial charge in [-0.3, -0.25) is 4.79 Å². The Morgan fingerprint density at radius 3 is 3.24 bits per heavy atom. The number of fused-ring (bicyclic) bond motifs is 1. The lowest BCUT2D eigenvalue weighted by molar-refractivity contribution is -0.111. The van der Waals surface area contributed by atoms with Gasteiger partial charge in [0.05, 0.1) is 11.8 Å². The zero-order valence-electron chi connectivity index (χ0n) is 11.2. The molecule has 3 rings (SSSR count). The van der Waals surface area contributed by atoms with Gasteiger partial charge in [0.2, 0.25) is 5.91 Å². The Kier molecular flexibility index (Phi) is 3.86. The van der Waals surface area contributed by atoms with E-state index in [0.717, 1.165) is 30.0 Å². The number of carbonyl (C=O) groups excluding carboxylic acids is 1. The second-order valence-corrected chi connectivity index (χ2v) is 5.69. The van der Waals surface area contributed by atoms with E-state index in [1.165, 1.54) is 17.4 Å². The van der Waals surface area contributed by atoms with Crippen molar-refractivity contribution in [3.8, 4) is 6.07 Å². The second-order valence-electron chi connectivity index (χ2n) is 4.58. The summed E-state index contributed by atoms with van der Waals surface area (Å²) in [4.78, 5) is 13.1. The van der Waals surface area contributed by atoms with E-state index in [2.05, 4.69) is 16.7 Å². The minimum Gasteiger partial charge on any atom is -0.465 e. The number of nitrogens with zero attached hydrogens (tertiary/aromatic N) is 1. The smallest absolute Gasteiger partial charge is 0.249 e. The highest BCUT2D eigenvalue weighted by molar-refractivity contribution is 7.16. The third-order valence-corrected chi connectivity index (χ3v) is 4.37. The fourth-order valence-corrected chi connectivity index (χ4v) is 3.41. The molecule has 2 aromatic heterocycles. The topological polar surface area (TPSA) is 78.1 Å². The van der Waals surface area contributed by atoms with E-state index in [1.807, 2.05) is 0 Å². The molecule has 0 radical (unpaired) electrons. The van der Waals surface area contributed by atoms with E-state index in [-0.39, 0.29) is 5.91 Å². The number of amides is 1. The van der Waals surface area contributed by atoms with Crippen molar-refractivity contribution < 1.29 is 9.21 Å². The number of nitriles is 1. The predicted molar refractivity (Wildman–Crippen MR) is 80.8 cm³/mol. The first-order valence-electron chi connectivity index (χ1n) is 6.56. The molecule has 0 unspecified atom stereocenters. The number of hydrogen-bond acceptors (Lipinski definition) is 5. The first-order valence-corrected chi connectivity index (χ1v) is 7.37. The monoisotopic (exact) mass is 299 g/mol. The van der Waals surface area contributed by atoms with Crippen LogP contribution in [-0.4, -0.2) is 12.5 Å². The maximum atomic E-state index is 11.9. The quantitative estimate of drug-likeness (QED) is 0.854. The van der Waals surface area contributed by atoms with Crippen LogP contribution >= 0.6 is 11.3 Å². The molecule has 0 aliphatic carbocycles. The van der Waals surface area contributed by atoms with Gasteiger partial charge < -0.3 is 15.1 Å². The van der Waals surface area contributed by atoms with Crippen LogP contribution < -0.4 is 10.6 Å². The molecule has 0 spiro atoms. The van der Waals surface area contributed by atoms with E-state index in [9.17, 15) is 10.1 Å². The fraction of sp³-hybridized carbons (Fsp3) is 0.200. The Bertz CT molecular complexity index is 723. The maximum Gasteiger partial charge on any atom is 0.249 e. The number of furan rings is 1. The van der Waals surface area contributed by atoms with E-state index in [0.29, 0.717) is 16.3 Å². The van der Waals surface area contributed by atoms with Crippen molar-refractivity contribution in [1.82, 2.24) is 5.32 Å². The summed E-state index contributed by atoms with van der Waals surface area (Å²) in [7, 11) is 0. The largest absolute Gasteiger partial charge is 0.465 e. The van der Waals surface area contributed by atoms with Crippen molar-refractivity contribution >= 4 is 28.3 Å². The van der Waals surface area contributed by atoms with Crippen LogP contribution in [0.25, 0.3) is 6.08 Å². The average molecular weight is 299 g/mol. The molecule has 0 saturated heterocycles. The van der Waals surface area contributed by atoms with Gasteiger partial charge in [-0.15, -0.1) is 11.3 Å². The van der Waals surface area contributed by atoms with E-state index in [4.69, 9.17) is 4.42 Å². The van der Waals surface area contributed by atoms with Crippen LogP contribution in [0.5, 0.6) is 0 Å². The number of thiophene rings is 1. The average Bonchev–Trinajstić information content (AvgIpc) is 3.12. The Hall–Kier alpha value is -2.36. The van der Waals surface area contributed by atoms with Crippen molar-refractivity contribution in [1.29, 1.82) is 5.26 Å². The van der Waals surface area contributed by atoms with Gasteiger partial charge in [-0.05, 0) is 36.7 Å². The van der Waals surface area contributed by atoms with Gasteiger partial charge in [-0.25, -0.2) is 0 Å². The molecular formula is C15H13N3O2S. The maximum absolute atomic E-state index is 11.9. The molecule has 1 amide bonds. The van der Waals surface area contributed by atoms with Gasteiger partial charge in [-0.2, -0.15) is 5.26 Å². The van der Waals surface area contributed by atoms with Crippen LogP contribution in [-0.2, 0) is 17.8 Å². The summed E-state index contributed by atoms with van der Waals surface area (Å²) in [6.45, 7) is 1.62. The molecule has 2 aromatic rings. The van der Waals surface area contributed by atoms with Gasteiger partial charge >= 0.3 is 0 Å². The third-order valence-electron chi connectivity index (χ3n) is 3.22. The van der Waals surface area contributed by atoms with Gasteiger partial charge in [0, 0.05) is 17.5 Å². The summed E-state index contributed by atoms with van der Waals surface area (Å²) < 4.78 is 5.12. The molecule has 2 N–H and O–H groups in total. The minimum atomic E-state index is -0.269. The molecule has 0 fully saturated rings. The minimum absolute atomic E-state index is 0.269. The van der Waals surface area contributed by atoms with Crippen LogP contribution in [0, 0.1) is 11.3 Å². The van der Waals surface area contributed by atoms with Crippen molar-refractivity contribution in [2.24, 2.45) is 0 Å². The summed E-state index contributed by atoms with van der Waals surface area (Å²) in [5.41, 5.74) is 1.66. The van der Waals surface area contributed by atoms with Crippen molar-refractivity contribution in [3.63, 3.8) is 0 Å². The molecule has 106 valence electrons. The zero-order chi connectivity index (χ0) is 14.7. The van der Waals surface area contributed by atoms with Crippen LogP contribution in [0.1, 0.15) is 21.8 Å². The fourth-order valence-electron chi connectivity index (χ4n) is 2.24. The third kappa shape index (κ3) is 2.89. The summed E-state index contributed by atoms with van der Waals surface area (Å²) in [6.07, 6.45) is 5.37. The summed E-state index contributed by atoms with van der Waals surface area (Å²) in [6, 6.07) is 5.72. The van der Waals surface area contributed by atoms with Crippen molar-refractivity contribution in [2.45, 2.75) is 13.0 Å². The molecule has 3 heterocycles. The highest BCUT2D eigenvalue weighted by Gasteiger charge is 2.21. The summed E-state index contributed by atoms with van der Waals surface area (Å²) in [5.74, 6) is 0.342. The van der Waals surface area contributed by atoms with Gasteiger partial charge in [0.15, 0.2) is 0 Å². The summed E-state index contributed by atoms with van der Waals surface area (Å²) in [5, 5.41) is 16.0. The Morgan fingerprint density at radius 1 is 1.57 bits per heavy atom. The van der Waals surface area contributed by atoms with E-state index >= 15 is 0 Å². The number of anilines is 1. The molecule has 0 atom stereocenters. The first kappa shape index (κ1) is 13.6. The van der Waals surface area contributed by atoms with E-state index < -0.39 is 0 Å². The van der Waals surface area contributed by atoms with Gasteiger partial charge in [-0.1, -0.05) is 0 Å². The lowest BCUT2D eigenvalue weighted by atomic mass is 10.1.